The second-order valence-electron chi connectivity index (χ2n) is 3.99. The summed E-state index contributed by atoms with van der Waals surface area (Å²) in [4.78, 5) is 0. The molecule has 0 aromatic carbocycles. The van der Waals surface area contributed by atoms with E-state index in [2.05, 4.69) is 22.6 Å². The highest BCUT2D eigenvalue weighted by molar-refractivity contribution is 7.80. The van der Waals surface area contributed by atoms with Crippen LogP contribution in [0.15, 0.2) is 24.3 Å². The molecule has 1 aromatic rings. The van der Waals surface area contributed by atoms with E-state index in [9.17, 15) is 8.42 Å². The van der Waals surface area contributed by atoms with E-state index in [0.717, 1.165) is 12.8 Å². The average Bonchev–Trinajstić information content (AvgIpc) is 2.32. The van der Waals surface area contributed by atoms with Crippen molar-refractivity contribution in [2.45, 2.75) is 19.8 Å². The Morgan fingerprint density at radius 1 is 1.33 bits per heavy atom. The number of nitrogen functional groups attached to an aromatic ring is 2. The Hall–Kier alpha value is -2.04. The van der Waals surface area contributed by atoms with E-state index < -0.39 is 10.4 Å². The van der Waals surface area contributed by atoms with Gasteiger partial charge >= 0.3 is 10.4 Å². The van der Waals surface area contributed by atoms with Gasteiger partial charge in [0, 0.05) is 24.4 Å². The van der Waals surface area contributed by atoms with E-state index in [1.807, 2.05) is 6.08 Å². The molecule has 10 heteroatoms. The van der Waals surface area contributed by atoms with Crippen molar-refractivity contribution in [3.63, 3.8) is 0 Å². The highest BCUT2D eigenvalue weighted by Gasteiger charge is 2.18. The fourth-order valence-corrected chi connectivity index (χ4v) is 1.85. The minimum atomic E-state index is -4.69. The molecule has 0 radical (unpaired) electrons. The first-order valence-corrected chi connectivity index (χ1v) is 7.37. The van der Waals surface area contributed by atoms with E-state index in [1.165, 1.54) is 12.1 Å². The van der Waals surface area contributed by atoms with Gasteiger partial charge in [0.05, 0.1) is 0 Å². The Bertz CT molecular complexity index is 565. The van der Waals surface area contributed by atoms with Crippen LogP contribution in [-0.2, 0) is 10.4 Å². The lowest BCUT2D eigenvalue weighted by Crippen LogP contribution is -2.49. The Balaban J connectivity index is 0.00000400. The lowest BCUT2D eigenvalue weighted by atomic mass is 10.3. The summed E-state index contributed by atoms with van der Waals surface area (Å²) in [6.07, 6.45) is 5.93. The molecule has 7 N–H and O–H groups in total. The first-order chi connectivity index (χ1) is 9.33. The molecule has 0 aliphatic carbocycles. The van der Waals surface area contributed by atoms with Crippen LogP contribution in [0.4, 0.5) is 17.3 Å². The van der Waals surface area contributed by atoms with Crippen molar-refractivity contribution in [2.75, 3.05) is 23.3 Å². The normalized spacial score (nSPS) is 11.1. The van der Waals surface area contributed by atoms with E-state index in [-0.39, 0.29) is 17.1 Å². The predicted molar refractivity (Wildman–Crippen MR) is 78.1 cm³/mol. The van der Waals surface area contributed by atoms with Gasteiger partial charge in [0.2, 0.25) is 0 Å². The van der Waals surface area contributed by atoms with Crippen molar-refractivity contribution in [3.05, 3.63) is 24.3 Å². The maximum absolute atomic E-state index is 10.6. The molecule has 0 unspecified atom stereocenters. The van der Waals surface area contributed by atoms with E-state index >= 15 is 0 Å². The largest absolute Gasteiger partial charge is 0.870 e. The van der Waals surface area contributed by atoms with Crippen LogP contribution in [0.2, 0.25) is 0 Å². The molecule has 0 fully saturated rings. The number of pyridine rings is 1. The van der Waals surface area contributed by atoms with E-state index in [4.69, 9.17) is 16.0 Å². The molecule has 1 aromatic heterocycles. The van der Waals surface area contributed by atoms with Gasteiger partial charge in [-0.05, 0) is 17.6 Å². The summed E-state index contributed by atoms with van der Waals surface area (Å²) in [6, 6.07) is 2.90. The summed E-state index contributed by atoms with van der Waals surface area (Å²) in [5, 5.41) is 3.08. The molecule has 120 valence electrons. The average molecular weight is 320 g/mol. The topological polar surface area (TPSA) is 162 Å². The minimum Gasteiger partial charge on any atom is -0.870 e. The maximum Gasteiger partial charge on any atom is 0.476 e. The van der Waals surface area contributed by atoms with Crippen molar-refractivity contribution in [1.29, 1.82) is 0 Å². The zero-order chi connectivity index (χ0) is 15.2. The van der Waals surface area contributed by atoms with Crippen LogP contribution < -0.4 is 25.8 Å². The SMILES string of the molecule is CC/C=C/CCNc1cc(N)[n+](OS(=O)(=O)O)c(N)c1.[OH-]. The van der Waals surface area contributed by atoms with Crippen molar-refractivity contribution >= 4 is 27.7 Å². The zero-order valence-electron chi connectivity index (χ0n) is 11.6. The molecule has 1 heterocycles. The standard InChI is InChI=1S/C11H18N4O4S.H2O/c1-2-3-4-5-6-14-9-7-10(12)15(11(13)8-9)19-20(16,17)18;/h3-4,7-8H,2,5-6H2,1H3,(H5,12,13,14,16,17,18);1H2/b4-3+;. The first kappa shape index (κ1) is 19.0. The van der Waals surface area contributed by atoms with Gasteiger partial charge < -0.3 is 22.3 Å². The fourth-order valence-electron chi connectivity index (χ4n) is 1.49. The number of anilines is 3. The van der Waals surface area contributed by atoms with E-state index in [1.54, 1.807) is 0 Å². The van der Waals surface area contributed by atoms with Gasteiger partial charge in [-0.25, -0.2) is 4.28 Å². The first-order valence-electron chi connectivity index (χ1n) is 6.00. The van der Waals surface area contributed by atoms with Gasteiger partial charge in [0.1, 0.15) is 0 Å². The lowest BCUT2D eigenvalue weighted by molar-refractivity contribution is -0.833. The number of nitrogens with one attached hydrogen (secondary N) is 1. The van der Waals surface area contributed by atoms with Gasteiger partial charge in [-0.3, -0.25) is 4.55 Å². The number of allylic oxidation sites excluding steroid dienone is 1. The number of hydrogen-bond donors (Lipinski definition) is 4. The maximum atomic E-state index is 10.6. The molecular weight excluding hydrogens is 300 g/mol. The van der Waals surface area contributed by atoms with Gasteiger partial charge in [0.15, 0.2) is 0 Å². The molecule has 21 heavy (non-hydrogen) atoms. The van der Waals surface area contributed by atoms with Crippen molar-refractivity contribution < 1.29 is 27.5 Å². The molecule has 0 aliphatic heterocycles. The molecule has 0 saturated heterocycles. The van der Waals surface area contributed by atoms with Gasteiger partial charge in [-0.15, -0.1) is 0 Å². The minimum absolute atomic E-state index is 0. The Kier molecular flexibility index (Phi) is 7.49. The van der Waals surface area contributed by atoms with Crippen molar-refractivity contribution in [2.24, 2.45) is 0 Å². The third-order valence-corrected chi connectivity index (χ3v) is 2.62. The second kappa shape index (κ2) is 8.29. The second-order valence-corrected chi connectivity index (χ2v) is 4.99. The Morgan fingerprint density at radius 3 is 2.38 bits per heavy atom. The number of rotatable bonds is 7. The molecule has 0 saturated carbocycles. The summed E-state index contributed by atoms with van der Waals surface area (Å²) in [5.41, 5.74) is 11.8. The lowest BCUT2D eigenvalue weighted by Gasteiger charge is -2.09. The monoisotopic (exact) mass is 320 g/mol. The molecule has 0 amide bonds. The highest BCUT2D eigenvalue weighted by Crippen LogP contribution is 2.12. The molecular formula is C11H20N4O5S. The van der Waals surface area contributed by atoms with Crippen LogP contribution >= 0.6 is 0 Å². The van der Waals surface area contributed by atoms with Crippen molar-refractivity contribution in [1.82, 2.24) is 0 Å². The summed E-state index contributed by atoms with van der Waals surface area (Å²) in [7, 11) is -4.69. The molecule has 9 nitrogen and oxygen atoms in total. The third-order valence-electron chi connectivity index (χ3n) is 2.29. The van der Waals surface area contributed by atoms with Crippen LogP contribution in [0.5, 0.6) is 0 Å². The van der Waals surface area contributed by atoms with Gasteiger partial charge in [0.25, 0.3) is 11.6 Å². The number of nitrogens with zero attached hydrogens (tertiary/aromatic N) is 1. The predicted octanol–water partition coefficient (Wildman–Crippen LogP) is -0.0387. The molecule has 0 spiro atoms. The van der Waals surface area contributed by atoms with Crippen LogP contribution in [0, 0.1) is 0 Å². The van der Waals surface area contributed by atoms with E-state index in [0.29, 0.717) is 17.0 Å². The number of hydrogen-bond acceptors (Lipinski definition) is 7. The number of aromatic nitrogens is 1. The van der Waals surface area contributed by atoms with Gasteiger partial charge in [-0.2, -0.15) is 8.42 Å². The van der Waals surface area contributed by atoms with Crippen LogP contribution in [0.3, 0.4) is 0 Å². The third kappa shape index (κ3) is 6.79. The van der Waals surface area contributed by atoms with Crippen molar-refractivity contribution in [3.8, 4) is 0 Å². The van der Waals surface area contributed by atoms with Crippen LogP contribution in [0.1, 0.15) is 19.8 Å². The van der Waals surface area contributed by atoms with Crippen LogP contribution in [-0.4, -0.2) is 25.0 Å². The summed E-state index contributed by atoms with van der Waals surface area (Å²) < 4.78 is 34.7. The van der Waals surface area contributed by atoms with Crippen LogP contribution in [0.25, 0.3) is 0 Å². The molecule has 0 atom stereocenters. The summed E-state index contributed by atoms with van der Waals surface area (Å²) in [5.74, 6) is -0.122. The quantitative estimate of drug-likeness (QED) is 0.235. The van der Waals surface area contributed by atoms with Gasteiger partial charge in [-0.1, -0.05) is 19.1 Å². The molecule has 0 aliphatic rings. The Morgan fingerprint density at radius 2 is 1.90 bits per heavy atom. The Labute approximate surface area is 123 Å². The highest BCUT2D eigenvalue weighted by atomic mass is 32.3. The molecule has 1 rings (SSSR count). The molecule has 0 bridgehead atoms. The zero-order valence-corrected chi connectivity index (χ0v) is 12.4. The fraction of sp³-hybridized carbons (Fsp3) is 0.364. The summed E-state index contributed by atoms with van der Waals surface area (Å²) in [6.45, 7) is 2.73. The number of nitrogens with two attached hydrogens (primary N) is 2. The smallest absolute Gasteiger partial charge is 0.476 e. The summed E-state index contributed by atoms with van der Waals surface area (Å²) >= 11 is 0.